The topological polar surface area (TPSA) is 58.6 Å². The minimum Gasteiger partial charge on any atom is -0.383 e. The highest BCUT2D eigenvalue weighted by Gasteiger charge is 2.16. The minimum atomic E-state index is -2.18. The van der Waals surface area contributed by atoms with Crippen LogP contribution in [0, 0.1) is 0 Å². The molecule has 1 heterocycles. The first-order valence-electron chi connectivity index (χ1n) is 2.93. The third-order valence-corrected chi connectivity index (χ3v) is 1.66. The van der Waals surface area contributed by atoms with Gasteiger partial charge in [0.05, 0.1) is 6.04 Å². The fourth-order valence-electron chi connectivity index (χ4n) is 0.802. The van der Waals surface area contributed by atoms with Crippen LogP contribution < -0.4 is 5.32 Å². The van der Waals surface area contributed by atoms with Crippen molar-refractivity contribution < 1.29 is 12.9 Å². The lowest BCUT2D eigenvalue weighted by Crippen LogP contribution is -2.22. The molecule has 0 radical (unpaired) electrons. The number of hydrogen-bond acceptors (Lipinski definition) is 3. The average Bonchev–Trinajstić information content (AvgIpc) is 2.15. The van der Waals surface area contributed by atoms with Gasteiger partial charge < -0.3 is 9.50 Å². The molecule has 0 saturated heterocycles. The lowest BCUT2D eigenvalue weighted by Gasteiger charge is -2.06. The molecular formula is C5H9NO3S. The smallest absolute Gasteiger partial charge is 0.357 e. The minimum absolute atomic E-state index is 0.0519. The molecule has 0 aromatic carbocycles. The summed E-state index contributed by atoms with van der Waals surface area (Å²) in [6.45, 7) is 2.57. The second-order valence-electron chi connectivity index (χ2n) is 2.04. The molecule has 5 heteroatoms. The highest BCUT2D eigenvalue weighted by molar-refractivity contribution is 7.74. The van der Waals surface area contributed by atoms with Crippen LogP contribution in [0.3, 0.4) is 0 Å². The highest BCUT2D eigenvalue weighted by atomic mass is 32.2. The zero-order chi connectivity index (χ0) is 7.56. The van der Waals surface area contributed by atoms with Crippen LogP contribution in [-0.2, 0) is 15.5 Å². The lowest BCUT2D eigenvalue weighted by atomic mass is 10.3. The van der Waals surface area contributed by atoms with E-state index in [9.17, 15) is 4.21 Å². The van der Waals surface area contributed by atoms with E-state index in [4.69, 9.17) is 4.55 Å². The van der Waals surface area contributed by atoms with Crippen LogP contribution in [0.5, 0.6) is 0 Å². The van der Waals surface area contributed by atoms with Gasteiger partial charge in [0.25, 0.3) is 0 Å². The van der Waals surface area contributed by atoms with Crippen molar-refractivity contribution in [3.8, 4) is 0 Å². The maximum absolute atomic E-state index is 10.1. The Morgan fingerprint density at radius 2 is 2.70 bits per heavy atom. The molecule has 0 saturated carbocycles. The average molecular weight is 163 g/mol. The van der Waals surface area contributed by atoms with Crippen molar-refractivity contribution in [2.24, 2.45) is 0 Å². The maximum atomic E-state index is 10.1. The molecule has 1 rings (SSSR count). The van der Waals surface area contributed by atoms with Crippen LogP contribution in [-0.4, -0.2) is 21.3 Å². The Morgan fingerprint density at radius 3 is 3.10 bits per heavy atom. The Balaban J connectivity index is 2.47. The Kier molecular flexibility index (Phi) is 2.42. The first-order chi connectivity index (χ1) is 4.70. The van der Waals surface area contributed by atoms with Crippen LogP contribution in [0.25, 0.3) is 0 Å². The molecule has 0 aromatic rings. The quantitative estimate of drug-likeness (QED) is 0.563. The van der Waals surface area contributed by atoms with E-state index >= 15 is 0 Å². The summed E-state index contributed by atoms with van der Waals surface area (Å²) in [6.07, 6.45) is 1.75. The van der Waals surface area contributed by atoms with Crippen molar-refractivity contribution >= 4 is 11.4 Å². The number of hydrogen-bond donors (Lipinski definition) is 2. The van der Waals surface area contributed by atoms with E-state index < -0.39 is 11.4 Å². The lowest BCUT2D eigenvalue weighted by molar-refractivity contribution is 0.363. The van der Waals surface area contributed by atoms with Crippen LogP contribution in [0.15, 0.2) is 11.8 Å². The van der Waals surface area contributed by atoms with Gasteiger partial charge in [-0.1, -0.05) is 0 Å². The predicted octanol–water partition coefficient (Wildman–Crippen LogP) is 0.0153. The summed E-state index contributed by atoms with van der Waals surface area (Å²) in [6, 6.07) is 0.0519. The van der Waals surface area contributed by atoms with Crippen molar-refractivity contribution in [3.63, 3.8) is 0 Å². The monoisotopic (exact) mass is 163 g/mol. The SMILES string of the molecule is CC1NCC=C1OS(=O)O. The zero-order valence-electron chi connectivity index (χ0n) is 5.53. The van der Waals surface area contributed by atoms with Gasteiger partial charge in [-0.15, -0.1) is 0 Å². The van der Waals surface area contributed by atoms with E-state index in [1.165, 1.54) is 0 Å². The van der Waals surface area contributed by atoms with Gasteiger partial charge in [-0.05, 0) is 13.0 Å². The highest BCUT2D eigenvalue weighted by Crippen LogP contribution is 2.09. The third kappa shape index (κ3) is 1.80. The van der Waals surface area contributed by atoms with E-state index in [0.29, 0.717) is 12.3 Å². The molecule has 0 aliphatic carbocycles. The third-order valence-electron chi connectivity index (χ3n) is 1.32. The molecule has 1 aliphatic heterocycles. The molecule has 0 amide bonds. The molecule has 0 bridgehead atoms. The van der Waals surface area contributed by atoms with E-state index in [0.717, 1.165) is 0 Å². The van der Waals surface area contributed by atoms with Gasteiger partial charge in [-0.3, -0.25) is 4.55 Å². The molecule has 0 aromatic heterocycles. The fraction of sp³-hybridized carbons (Fsp3) is 0.600. The summed E-state index contributed by atoms with van der Waals surface area (Å²) in [4.78, 5) is 0. The summed E-state index contributed by atoms with van der Waals surface area (Å²) in [7, 11) is 0. The Hall–Kier alpha value is -0.390. The summed E-state index contributed by atoms with van der Waals surface area (Å²) >= 11 is -2.18. The maximum Gasteiger partial charge on any atom is 0.357 e. The van der Waals surface area contributed by atoms with Gasteiger partial charge in [0.1, 0.15) is 5.76 Å². The fourth-order valence-corrected chi connectivity index (χ4v) is 1.18. The first kappa shape index (κ1) is 7.71. The van der Waals surface area contributed by atoms with Gasteiger partial charge in [0, 0.05) is 6.54 Å². The standard InChI is InChI=1S/C5H9NO3S/c1-4-5(2-3-6-4)9-10(7)8/h2,4,6H,3H2,1H3,(H,7,8). The number of nitrogens with one attached hydrogen (secondary N) is 1. The van der Waals surface area contributed by atoms with Gasteiger partial charge in [-0.25, -0.2) is 0 Å². The summed E-state index contributed by atoms with van der Waals surface area (Å²) in [5.74, 6) is 0.542. The second-order valence-corrected chi connectivity index (χ2v) is 2.64. The second kappa shape index (κ2) is 3.14. The van der Waals surface area contributed by atoms with Crippen LogP contribution in [0.4, 0.5) is 0 Å². The molecule has 2 unspecified atom stereocenters. The molecule has 10 heavy (non-hydrogen) atoms. The van der Waals surface area contributed by atoms with E-state index in [1.807, 2.05) is 6.92 Å². The Bertz CT molecular complexity index is 180. The van der Waals surface area contributed by atoms with Gasteiger partial charge in [-0.2, -0.15) is 4.21 Å². The first-order valence-corrected chi connectivity index (χ1v) is 3.96. The molecule has 58 valence electrons. The molecule has 2 N–H and O–H groups in total. The number of rotatable bonds is 2. The van der Waals surface area contributed by atoms with E-state index in [1.54, 1.807) is 6.08 Å². The van der Waals surface area contributed by atoms with Crippen molar-refractivity contribution in [3.05, 3.63) is 11.8 Å². The summed E-state index contributed by atoms with van der Waals surface area (Å²) in [5, 5.41) is 3.01. The molecular weight excluding hydrogens is 154 g/mol. The van der Waals surface area contributed by atoms with Crippen molar-refractivity contribution in [2.75, 3.05) is 6.54 Å². The summed E-state index contributed by atoms with van der Waals surface area (Å²) < 4.78 is 23.0. The van der Waals surface area contributed by atoms with Gasteiger partial charge >= 0.3 is 11.4 Å². The predicted molar refractivity (Wildman–Crippen MR) is 37.4 cm³/mol. The Labute approximate surface area is 61.8 Å². The van der Waals surface area contributed by atoms with Gasteiger partial charge in [0.2, 0.25) is 0 Å². The molecule has 4 nitrogen and oxygen atoms in total. The molecule has 0 spiro atoms. The van der Waals surface area contributed by atoms with Crippen LogP contribution >= 0.6 is 0 Å². The molecule has 1 aliphatic rings. The van der Waals surface area contributed by atoms with E-state index in [2.05, 4.69) is 9.50 Å². The van der Waals surface area contributed by atoms with Crippen molar-refractivity contribution in [2.45, 2.75) is 13.0 Å². The molecule has 2 atom stereocenters. The van der Waals surface area contributed by atoms with Crippen molar-refractivity contribution in [1.82, 2.24) is 5.32 Å². The van der Waals surface area contributed by atoms with Crippen molar-refractivity contribution in [1.29, 1.82) is 0 Å². The van der Waals surface area contributed by atoms with Crippen LogP contribution in [0.2, 0.25) is 0 Å². The Morgan fingerprint density at radius 1 is 2.00 bits per heavy atom. The normalized spacial score (nSPS) is 27.8. The van der Waals surface area contributed by atoms with Crippen LogP contribution in [0.1, 0.15) is 6.92 Å². The molecule has 0 fully saturated rings. The zero-order valence-corrected chi connectivity index (χ0v) is 6.35. The van der Waals surface area contributed by atoms with E-state index in [-0.39, 0.29) is 6.04 Å². The van der Waals surface area contributed by atoms with Gasteiger partial charge in [0.15, 0.2) is 0 Å². The summed E-state index contributed by atoms with van der Waals surface area (Å²) in [5.41, 5.74) is 0. The largest absolute Gasteiger partial charge is 0.383 e.